The number of likely N-dealkylation sites (tertiary alicyclic amines) is 1. The van der Waals surface area contributed by atoms with E-state index in [1.165, 1.54) is 0 Å². The van der Waals surface area contributed by atoms with Crippen LogP contribution in [0.5, 0.6) is 11.5 Å². The van der Waals surface area contributed by atoms with E-state index in [1.807, 2.05) is 41.3 Å². The molecular formula is C32H41ClN4O5. The fourth-order valence-corrected chi connectivity index (χ4v) is 7.19. The molecule has 9 nitrogen and oxygen atoms in total. The number of fused-ring (bicyclic) bond motifs is 4. The first-order valence-electron chi connectivity index (χ1n) is 14.8. The summed E-state index contributed by atoms with van der Waals surface area (Å²) >= 11 is 6.41. The molecular weight excluding hydrogens is 556 g/mol. The average Bonchev–Trinajstić information content (AvgIpc) is 2.97. The molecule has 2 N–H and O–H groups in total. The van der Waals surface area contributed by atoms with E-state index in [1.54, 1.807) is 27.2 Å². The van der Waals surface area contributed by atoms with E-state index in [9.17, 15) is 14.4 Å². The Morgan fingerprint density at radius 2 is 1.79 bits per heavy atom. The molecule has 5 atom stereocenters. The van der Waals surface area contributed by atoms with E-state index in [0.29, 0.717) is 54.8 Å². The molecule has 2 aromatic rings. The number of carbonyl (C=O) groups excluding carboxylic acids is 3. The van der Waals surface area contributed by atoms with Crippen LogP contribution in [0.3, 0.4) is 0 Å². The predicted molar refractivity (Wildman–Crippen MR) is 160 cm³/mol. The SMILES string of the molecule is COc1cc(Cl)cc(CN2C[C@@H]3C[C@H](C2)[C@@H]2CCCC(=O)N[C@H](C)C(=O)N[C@@H](Cc4ccccc4)C(=O)N2C3)c1OC. The van der Waals surface area contributed by atoms with Crippen LogP contribution in [-0.2, 0) is 27.3 Å². The second-order valence-corrected chi connectivity index (χ2v) is 12.3. The van der Waals surface area contributed by atoms with E-state index in [0.717, 1.165) is 37.1 Å². The maximum Gasteiger partial charge on any atom is 0.245 e. The van der Waals surface area contributed by atoms with Gasteiger partial charge in [0.05, 0.1) is 14.2 Å². The van der Waals surface area contributed by atoms with Gasteiger partial charge < -0.3 is 25.0 Å². The maximum absolute atomic E-state index is 14.3. The van der Waals surface area contributed by atoms with Gasteiger partial charge in [0.25, 0.3) is 0 Å². The van der Waals surface area contributed by atoms with Gasteiger partial charge in [0.15, 0.2) is 11.5 Å². The molecule has 5 rings (SSSR count). The third-order valence-electron chi connectivity index (χ3n) is 8.81. The molecule has 226 valence electrons. The van der Waals surface area contributed by atoms with Crippen molar-refractivity contribution in [1.82, 2.24) is 20.4 Å². The molecule has 0 unspecified atom stereocenters. The Labute approximate surface area is 252 Å². The average molecular weight is 597 g/mol. The van der Waals surface area contributed by atoms with Gasteiger partial charge >= 0.3 is 0 Å². The van der Waals surface area contributed by atoms with E-state index < -0.39 is 12.1 Å². The Morgan fingerprint density at radius 1 is 1.00 bits per heavy atom. The first-order chi connectivity index (χ1) is 20.2. The summed E-state index contributed by atoms with van der Waals surface area (Å²) in [5.74, 6) is 1.29. The highest BCUT2D eigenvalue weighted by atomic mass is 35.5. The highest BCUT2D eigenvalue weighted by molar-refractivity contribution is 6.30. The smallest absolute Gasteiger partial charge is 0.245 e. The van der Waals surface area contributed by atoms with Gasteiger partial charge in [-0.05, 0) is 49.7 Å². The molecule has 3 aliphatic heterocycles. The molecule has 10 heteroatoms. The molecule has 2 aromatic carbocycles. The third kappa shape index (κ3) is 6.84. The van der Waals surface area contributed by atoms with Gasteiger partial charge in [-0.15, -0.1) is 0 Å². The molecule has 2 bridgehead atoms. The number of rotatable bonds is 6. The number of hydrogen-bond acceptors (Lipinski definition) is 6. The maximum atomic E-state index is 14.3. The number of halogens is 1. The van der Waals surface area contributed by atoms with Crippen LogP contribution in [0, 0.1) is 11.8 Å². The number of carbonyl (C=O) groups is 3. The lowest BCUT2D eigenvalue weighted by molar-refractivity contribution is -0.146. The van der Waals surface area contributed by atoms with Crippen LogP contribution in [0.25, 0.3) is 0 Å². The topological polar surface area (TPSA) is 100 Å². The Morgan fingerprint density at radius 3 is 2.52 bits per heavy atom. The molecule has 0 aromatic heterocycles. The minimum absolute atomic E-state index is 0.0211. The van der Waals surface area contributed by atoms with Gasteiger partial charge in [0.2, 0.25) is 17.7 Å². The van der Waals surface area contributed by atoms with Gasteiger partial charge in [0.1, 0.15) is 12.1 Å². The highest BCUT2D eigenvalue weighted by Crippen LogP contribution is 2.39. The zero-order valence-electron chi connectivity index (χ0n) is 24.6. The number of nitrogens with zero attached hydrogens (tertiary/aromatic N) is 2. The van der Waals surface area contributed by atoms with Gasteiger partial charge in [-0.1, -0.05) is 41.9 Å². The standard InChI is InChI=1S/C32H41ClN4O5/c1-20-31(39)35-26(13-21-8-5-4-6-9-21)32(40)37-17-22-12-23(27(37)10-7-11-29(38)34-20)18-36(16-22)19-24-14-25(33)15-28(41-2)30(24)42-3/h4-6,8-9,14-15,20,22-23,26-27H,7,10-13,16-19H2,1-3H3,(H,34,38)(H,35,39)/t20-,22+,23-,26+,27+/m1/s1. The molecule has 3 amide bonds. The van der Waals surface area contributed by atoms with Crippen LogP contribution in [-0.4, -0.2) is 79.5 Å². The monoisotopic (exact) mass is 596 g/mol. The molecule has 3 aliphatic rings. The van der Waals surface area contributed by atoms with Crippen molar-refractivity contribution in [2.45, 2.75) is 63.7 Å². The fraction of sp³-hybridized carbons (Fsp3) is 0.531. The van der Waals surface area contributed by atoms with Crippen LogP contribution < -0.4 is 20.1 Å². The molecule has 0 spiro atoms. The molecule has 3 heterocycles. The van der Waals surface area contributed by atoms with Crippen LogP contribution in [0.1, 0.15) is 43.7 Å². The highest BCUT2D eigenvalue weighted by Gasteiger charge is 2.44. The first-order valence-corrected chi connectivity index (χ1v) is 15.2. The number of ether oxygens (including phenoxy) is 2. The van der Waals surface area contributed by atoms with Gasteiger partial charge in [0, 0.05) is 61.7 Å². The quantitative estimate of drug-likeness (QED) is 0.530. The lowest BCUT2D eigenvalue weighted by Gasteiger charge is -2.51. The zero-order valence-corrected chi connectivity index (χ0v) is 25.4. The Hall–Kier alpha value is -3.30. The lowest BCUT2D eigenvalue weighted by atomic mass is 9.77. The number of amides is 3. The molecule has 42 heavy (non-hydrogen) atoms. The summed E-state index contributed by atoms with van der Waals surface area (Å²) in [7, 11) is 3.24. The summed E-state index contributed by atoms with van der Waals surface area (Å²) < 4.78 is 11.2. The minimum Gasteiger partial charge on any atom is -0.493 e. The predicted octanol–water partition coefficient (Wildman–Crippen LogP) is 3.42. The second kappa shape index (κ2) is 13.3. The van der Waals surface area contributed by atoms with Crippen LogP contribution in [0.15, 0.2) is 42.5 Å². The minimum atomic E-state index is -0.713. The van der Waals surface area contributed by atoms with E-state index in [-0.39, 0.29) is 29.7 Å². The van der Waals surface area contributed by atoms with E-state index >= 15 is 0 Å². The van der Waals surface area contributed by atoms with Crippen molar-refractivity contribution in [1.29, 1.82) is 0 Å². The fourth-order valence-electron chi connectivity index (χ4n) is 6.96. The number of nitrogens with one attached hydrogen (secondary N) is 2. The van der Waals surface area contributed by atoms with Gasteiger partial charge in [-0.2, -0.15) is 0 Å². The van der Waals surface area contributed by atoms with E-state index in [2.05, 4.69) is 15.5 Å². The molecule has 3 fully saturated rings. The summed E-state index contributed by atoms with van der Waals surface area (Å²) in [6.45, 7) is 4.58. The Balaban J connectivity index is 1.40. The largest absolute Gasteiger partial charge is 0.493 e. The number of benzene rings is 2. The summed E-state index contributed by atoms with van der Waals surface area (Å²) in [6, 6.07) is 12.0. The molecule has 0 aliphatic carbocycles. The number of piperidine rings is 2. The number of hydrogen-bond donors (Lipinski definition) is 2. The molecule has 3 saturated heterocycles. The van der Waals surface area contributed by atoms with Crippen molar-refractivity contribution in [2.75, 3.05) is 33.9 Å². The Kier molecular flexibility index (Phi) is 9.58. The molecule has 0 radical (unpaired) electrons. The van der Waals surface area contributed by atoms with Crippen molar-refractivity contribution < 1.29 is 23.9 Å². The number of methoxy groups -OCH3 is 2. The third-order valence-corrected chi connectivity index (χ3v) is 9.03. The van der Waals surface area contributed by atoms with Crippen molar-refractivity contribution in [3.8, 4) is 11.5 Å². The molecule has 0 saturated carbocycles. The van der Waals surface area contributed by atoms with Crippen LogP contribution >= 0.6 is 11.6 Å². The van der Waals surface area contributed by atoms with Crippen LogP contribution in [0.2, 0.25) is 5.02 Å². The first kappa shape index (κ1) is 30.2. The summed E-state index contributed by atoms with van der Waals surface area (Å²) in [5.41, 5.74) is 1.94. The van der Waals surface area contributed by atoms with Gasteiger partial charge in [-0.25, -0.2) is 0 Å². The summed E-state index contributed by atoms with van der Waals surface area (Å²) in [4.78, 5) is 44.5. The lowest BCUT2D eigenvalue weighted by Crippen LogP contribution is -2.63. The Bertz CT molecular complexity index is 1290. The van der Waals surface area contributed by atoms with Gasteiger partial charge in [-0.3, -0.25) is 19.3 Å². The summed E-state index contributed by atoms with van der Waals surface area (Å²) in [6.07, 6.45) is 3.13. The van der Waals surface area contributed by atoms with Crippen LogP contribution in [0.4, 0.5) is 0 Å². The van der Waals surface area contributed by atoms with Crippen molar-refractivity contribution >= 4 is 29.3 Å². The van der Waals surface area contributed by atoms with Crippen molar-refractivity contribution in [3.63, 3.8) is 0 Å². The zero-order chi connectivity index (χ0) is 29.8. The second-order valence-electron chi connectivity index (χ2n) is 11.8. The van der Waals surface area contributed by atoms with Crippen molar-refractivity contribution in [2.24, 2.45) is 11.8 Å². The van der Waals surface area contributed by atoms with E-state index in [4.69, 9.17) is 21.1 Å². The van der Waals surface area contributed by atoms with Crippen molar-refractivity contribution in [3.05, 3.63) is 58.6 Å². The normalized spacial score (nSPS) is 27.2. The summed E-state index contributed by atoms with van der Waals surface area (Å²) in [5, 5.41) is 6.38.